The highest BCUT2D eigenvalue weighted by Crippen LogP contribution is 2.64. The summed E-state index contributed by atoms with van der Waals surface area (Å²) in [5, 5.41) is 25.8. The Hall–Kier alpha value is -5.74. The van der Waals surface area contributed by atoms with E-state index in [-0.39, 0.29) is 35.3 Å². The predicted molar refractivity (Wildman–Crippen MR) is 218 cm³/mol. The van der Waals surface area contributed by atoms with E-state index in [4.69, 9.17) is 34.2 Å². The van der Waals surface area contributed by atoms with Crippen molar-refractivity contribution < 1.29 is 67.4 Å². The van der Waals surface area contributed by atoms with Crippen molar-refractivity contribution >= 4 is 35.6 Å². The fraction of sp³-hybridized carbons (Fsp3) is 0.447. The maximum absolute atomic E-state index is 15.5. The van der Waals surface area contributed by atoms with Crippen molar-refractivity contribution in [2.45, 2.75) is 108 Å². The van der Waals surface area contributed by atoms with Crippen LogP contribution in [0.2, 0.25) is 0 Å². The number of carbonyl (C=O) groups is 6. The number of carbonyl (C=O) groups excluding carboxylic acids is 6. The molecule has 3 aliphatic carbocycles. The molecule has 0 radical (unpaired) electrons. The van der Waals surface area contributed by atoms with Crippen LogP contribution in [0.25, 0.3) is 0 Å². The second-order valence-electron chi connectivity index (χ2n) is 17.3. The van der Waals surface area contributed by atoms with Gasteiger partial charge in [-0.1, -0.05) is 80.6 Å². The van der Waals surface area contributed by atoms with Gasteiger partial charge in [0.1, 0.15) is 23.9 Å². The first kappa shape index (κ1) is 44.3. The van der Waals surface area contributed by atoms with Crippen LogP contribution in [0.4, 0.5) is 0 Å². The standard InChI is InChI=1S/C47H51NO14/c1-25-31(59-43(55)37(35(48)28-16-10-7-11-17-28)60-41(53)29-18-12-8-13-19-29)23-47(56)40(61-42(54)30-20-14-9-15-21-30)38-45(6,32(51)22-33-46(38,24-57-33)62-27(3)50)39(52)36(58-26(2)49)34(25)44(47,4)5/h7-21,31-33,35-38,40,51,56H,22-24,48H2,1-6H3/t31?,32-,33+,35-,36+,37+,38-,40-,45+,46-,47+/m0/s1. The quantitative estimate of drug-likeness (QED) is 0.148. The van der Waals surface area contributed by atoms with Gasteiger partial charge in [-0.25, -0.2) is 14.4 Å². The highest BCUT2D eigenvalue weighted by Gasteiger charge is 2.78. The van der Waals surface area contributed by atoms with E-state index < -0.39 is 113 Å². The molecule has 11 atom stereocenters. The predicted octanol–water partition coefficient (Wildman–Crippen LogP) is 4.13. The minimum absolute atomic E-state index is 0.00981. The van der Waals surface area contributed by atoms with Crippen molar-refractivity contribution in [1.29, 1.82) is 0 Å². The Bertz CT molecular complexity index is 2280. The van der Waals surface area contributed by atoms with Crippen molar-refractivity contribution in [3.05, 3.63) is 119 Å². The fourth-order valence-corrected chi connectivity index (χ4v) is 10.1. The number of benzene rings is 3. The molecule has 4 N–H and O–H groups in total. The molecule has 2 bridgehead atoms. The number of hydrogen-bond donors (Lipinski definition) is 3. The van der Waals surface area contributed by atoms with Gasteiger partial charge >= 0.3 is 29.8 Å². The van der Waals surface area contributed by atoms with Gasteiger partial charge in [0.25, 0.3) is 0 Å². The summed E-state index contributed by atoms with van der Waals surface area (Å²) in [6.45, 7) is 8.04. The summed E-state index contributed by atoms with van der Waals surface area (Å²) in [6, 6.07) is 23.0. The number of nitrogens with two attached hydrogens (primary N) is 1. The molecule has 328 valence electrons. The molecule has 3 fully saturated rings. The van der Waals surface area contributed by atoms with E-state index in [1.54, 1.807) is 87.5 Å². The molecule has 1 heterocycles. The van der Waals surface area contributed by atoms with Crippen LogP contribution < -0.4 is 5.73 Å². The zero-order chi connectivity index (χ0) is 44.9. The molecule has 3 aromatic rings. The smallest absolute Gasteiger partial charge is 0.350 e. The zero-order valence-electron chi connectivity index (χ0n) is 35.3. The summed E-state index contributed by atoms with van der Waals surface area (Å²) in [6.07, 6.45) is -10.2. The summed E-state index contributed by atoms with van der Waals surface area (Å²) < 4.78 is 36.3. The Kier molecular flexibility index (Phi) is 11.8. The molecule has 4 aliphatic rings. The van der Waals surface area contributed by atoms with Gasteiger partial charge in [0, 0.05) is 32.1 Å². The first-order valence-corrected chi connectivity index (χ1v) is 20.4. The maximum Gasteiger partial charge on any atom is 0.350 e. The minimum Gasteiger partial charge on any atom is -0.455 e. The normalized spacial score (nSPS) is 31.9. The molecular formula is C47H51NO14. The first-order valence-electron chi connectivity index (χ1n) is 20.4. The van der Waals surface area contributed by atoms with E-state index in [0.29, 0.717) is 5.56 Å². The van der Waals surface area contributed by atoms with E-state index >= 15 is 4.79 Å². The lowest BCUT2D eigenvalue weighted by molar-refractivity contribution is -0.346. The van der Waals surface area contributed by atoms with Gasteiger partial charge in [-0.15, -0.1) is 0 Å². The van der Waals surface area contributed by atoms with Crippen LogP contribution in [0.15, 0.2) is 102 Å². The van der Waals surface area contributed by atoms with Crippen molar-refractivity contribution in [3.8, 4) is 0 Å². The Morgan fingerprint density at radius 1 is 0.806 bits per heavy atom. The van der Waals surface area contributed by atoms with Crippen LogP contribution in [0.5, 0.6) is 0 Å². The summed E-state index contributed by atoms with van der Waals surface area (Å²) >= 11 is 0. The summed E-state index contributed by atoms with van der Waals surface area (Å²) in [7, 11) is 0. The van der Waals surface area contributed by atoms with E-state index in [0.717, 1.165) is 13.8 Å². The number of hydrogen-bond acceptors (Lipinski definition) is 15. The second kappa shape index (κ2) is 16.5. The summed E-state index contributed by atoms with van der Waals surface area (Å²) in [5.74, 6) is -6.99. The molecule has 0 aromatic heterocycles. The van der Waals surface area contributed by atoms with E-state index in [1.807, 2.05) is 0 Å². The molecule has 7 rings (SSSR count). The monoisotopic (exact) mass is 853 g/mol. The molecule has 2 saturated carbocycles. The molecule has 0 spiro atoms. The summed E-state index contributed by atoms with van der Waals surface area (Å²) in [5.41, 5.74) is -0.378. The first-order chi connectivity index (χ1) is 29.3. The average Bonchev–Trinajstić information content (AvgIpc) is 3.24. The van der Waals surface area contributed by atoms with Crippen LogP contribution in [0, 0.1) is 16.7 Å². The van der Waals surface area contributed by atoms with Crippen molar-refractivity contribution in [2.75, 3.05) is 6.61 Å². The number of aliphatic hydroxyl groups excluding tert-OH is 1. The molecule has 15 nitrogen and oxygen atoms in total. The Balaban J connectivity index is 1.42. The SMILES string of the molecule is CC(=O)O[C@H]1C(=O)[C@@]2(C)[C@H]([C@H](OC(=O)c3ccccc3)[C@]3(O)CC(OC(=O)[C@H](OC(=O)c4ccccc4)[C@@H](N)c4ccccc4)C(C)=C1C3(C)C)[C@]1(OC(C)=O)CO[C@@H]1C[C@@H]2O. The van der Waals surface area contributed by atoms with Crippen LogP contribution >= 0.6 is 0 Å². The van der Waals surface area contributed by atoms with Gasteiger partial charge in [-0.05, 0) is 54.8 Å². The molecule has 15 heteroatoms. The van der Waals surface area contributed by atoms with Crippen molar-refractivity contribution in [3.63, 3.8) is 0 Å². The zero-order valence-corrected chi connectivity index (χ0v) is 35.3. The van der Waals surface area contributed by atoms with E-state index in [2.05, 4.69) is 0 Å². The second-order valence-corrected chi connectivity index (χ2v) is 17.3. The van der Waals surface area contributed by atoms with Gasteiger partial charge in [0.15, 0.2) is 17.5 Å². The highest BCUT2D eigenvalue weighted by atomic mass is 16.6. The van der Waals surface area contributed by atoms with Gasteiger partial charge < -0.3 is 44.4 Å². The van der Waals surface area contributed by atoms with Crippen LogP contribution in [0.3, 0.4) is 0 Å². The number of esters is 5. The van der Waals surface area contributed by atoms with Gasteiger partial charge in [0.05, 0.1) is 41.2 Å². The fourth-order valence-electron chi connectivity index (χ4n) is 10.1. The molecule has 3 aromatic carbocycles. The number of ether oxygens (including phenoxy) is 6. The van der Waals surface area contributed by atoms with Crippen molar-refractivity contribution in [1.82, 2.24) is 0 Å². The lowest BCUT2D eigenvalue weighted by atomic mass is 9.44. The highest BCUT2D eigenvalue weighted by molar-refractivity contribution is 5.96. The van der Waals surface area contributed by atoms with Gasteiger partial charge in [-0.2, -0.15) is 0 Å². The molecule has 1 unspecified atom stereocenters. The lowest BCUT2D eigenvalue weighted by Gasteiger charge is -2.67. The molecule has 1 saturated heterocycles. The van der Waals surface area contributed by atoms with Crippen LogP contribution in [0.1, 0.15) is 86.7 Å². The van der Waals surface area contributed by atoms with Gasteiger partial charge in [0.2, 0.25) is 6.10 Å². The third kappa shape index (κ3) is 7.29. The molecule has 0 amide bonds. The molecular weight excluding hydrogens is 803 g/mol. The van der Waals surface area contributed by atoms with E-state index in [1.165, 1.54) is 31.2 Å². The topological polar surface area (TPSA) is 224 Å². The number of Topliss-reactive ketones (excluding diaryl/α,β-unsaturated/α-hetero) is 1. The Labute approximate surface area is 358 Å². The number of ketones is 1. The maximum atomic E-state index is 15.5. The van der Waals surface area contributed by atoms with E-state index in [9.17, 15) is 34.2 Å². The number of aliphatic hydroxyl groups is 2. The third-order valence-electron chi connectivity index (χ3n) is 13.4. The Morgan fingerprint density at radius 3 is 1.90 bits per heavy atom. The Morgan fingerprint density at radius 2 is 1.37 bits per heavy atom. The minimum atomic E-state index is -2.38. The lowest BCUT2D eigenvalue weighted by Crippen LogP contribution is -2.82. The van der Waals surface area contributed by atoms with Crippen LogP contribution in [-0.2, 0) is 47.6 Å². The van der Waals surface area contributed by atoms with Crippen molar-refractivity contribution in [2.24, 2.45) is 22.5 Å². The largest absolute Gasteiger partial charge is 0.455 e. The summed E-state index contributed by atoms with van der Waals surface area (Å²) in [4.78, 5) is 84.0. The van der Waals surface area contributed by atoms with Gasteiger partial charge in [-0.3, -0.25) is 14.4 Å². The number of rotatable bonds is 10. The van der Waals surface area contributed by atoms with Crippen LogP contribution in [-0.4, -0.2) is 100 Å². The molecule has 1 aliphatic heterocycles. The number of fused-ring (bicyclic) bond motifs is 5. The average molecular weight is 854 g/mol. The third-order valence-corrected chi connectivity index (χ3v) is 13.4. The molecule has 62 heavy (non-hydrogen) atoms.